The molecule has 0 bridgehead atoms. The van der Waals surface area contributed by atoms with Crippen molar-refractivity contribution in [2.75, 3.05) is 26.9 Å². The van der Waals surface area contributed by atoms with Crippen LogP contribution in [0.5, 0.6) is 11.5 Å². The summed E-state index contributed by atoms with van der Waals surface area (Å²) in [6, 6.07) is 12.3. The maximum absolute atomic E-state index is 12.9. The summed E-state index contributed by atoms with van der Waals surface area (Å²) in [4.78, 5) is 11.4. The number of hydrogen-bond acceptors (Lipinski definition) is 5. The van der Waals surface area contributed by atoms with Gasteiger partial charge in [-0.1, -0.05) is 48.6 Å². The van der Waals surface area contributed by atoms with Gasteiger partial charge in [0.2, 0.25) is 4.93 Å². The molecular formula is C25H26ClNO4S. The highest BCUT2D eigenvalue weighted by Crippen LogP contribution is 2.32. The zero-order valence-corrected chi connectivity index (χ0v) is 19.8. The Balaban J connectivity index is 2.03. The molecule has 0 spiro atoms. The molecule has 0 heterocycles. The normalized spacial score (nSPS) is 12.0. The topological polar surface area (TPSA) is 56.8 Å². The van der Waals surface area contributed by atoms with Crippen molar-refractivity contribution in [1.29, 1.82) is 0 Å². The summed E-state index contributed by atoms with van der Waals surface area (Å²) in [6.07, 6.45) is 6.66. The molecule has 0 aliphatic carbocycles. The minimum atomic E-state index is -1.54. The zero-order chi connectivity index (χ0) is 23.4. The van der Waals surface area contributed by atoms with Gasteiger partial charge in [0, 0.05) is 23.6 Å². The first-order valence-electron chi connectivity index (χ1n) is 10.0. The molecule has 0 aromatic heterocycles. The number of nitrogens with one attached hydrogen (secondary N) is 1. The number of rotatable bonds is 10. The van der Waals surface area contributed by atoms with Gasteiger partial charge in [-0.2, -0.15) is 0 Å². The van der Waals surface area contributed by atoms with E-state index in [1.807, 2.05) is 25.1 Å². The fourth-order valence-electron chi connectivity index (χ4n) is 2.82. The van der Waals surface area contributed by atoms with Gasteiger partial charge in [0.15, 0.2) is 11.5 Å². The predicted molar refractivity (Wildman–Crippen MR) is 130 cm³/mol. The highest BCUT2D eigenvalue weighted by atomic mass is 35.5. The third-order valence-corrected chi connectivity index (χ3v) is 5.28. The Morgan fingerprint density at radius 1 is 1.16 bits per heavy atom. The monoisotopic (exact) mass is 471 g/mol. The van der Waals surface area contributed by atoms with Crippen LogP contribution in [-0.4, -0.2) is 32.8 Å². The lowest BCUT2D eigenvalue weighted by Crippen LogP contribution is -2.43. The Labute approximate surface area is 200 Å². The van der Waals surface area contributed by atoms with Gasteiger partial charge in [0.25, 0.3) is 5.91 Å². The molecule has 2 rings (SSSR count). The summed E-state index contributed by atoms with van der Waals surface area (Å²) >= 11 is 10.5. The summed E-state index contributed by atoms with van der Waals surface area (Å²) in [5.41, 5.74) is 1.50. The summed E-state index contributed by atoms with van der Waals surface area (Å²) < 4.78 is 16.7. The number of amides is 1. The van der Waals surface area contributed by atoms with Crippen molar-refractivity contribution in [3.05, 3.63) is 58.6 Å². The lowest BCUT2D eigenvalue weighted by Gasteiger charge is -2.27. The van der Waals surface area contributed by atoms with Crippen molar-refractivity contribution in [1.82, 2.24) is 5.32 Å². The Kier molecular flexibility index (Phi) is 10.3. The fourth-order valence-corrected chi connectivity index (χ4v) is 3.24. The van der Waals surface area contributed by atoms with Crippen molar-refractivity contribution >= 4 is 30.1 Å². The summed E-state index contributed by atoms with van der Waals surface area (Å²) in [6.45, 7) is 2.57. The van der Waals surface area contributed by atoms with Crippen molar-refractivity contribution in [2.24, 2.45) is 0 Å². The number of methoxy groups -OCH3 is 1. The van der Waals surface area contributed by atoms with Crippen LogP contribution in [-0.2, 0) is 20.9 Å². The van der Waals surface area contributed by atoms with Crippen molar-refractivity contribution in [2.45, 2.75) is 24.7 Å². The Morgan fingerprint density at radius 3 is 2.56 bits per heavy atom. The van der Waals surface area contributed by atoms with Crippen LogP contribution in [0, 0.1) is 24.2 Å². The highest BCUT2D eigenvalue weighted by molar-refractivity contribution is 7.82. The minimum Gasteiger partial charge on any atom is -0.493 e. The van der Waals surface area contributed by atoms with Gasteiger partial charge in [-0.15, -0.1) is 25.0 Å². The van der Waals surface area contributed by atoms with E-state index in [0.29, 0.717) is 41.7 Å². The van der Waals surface area contributed by atoms with E-state index in [1.54, 1.807) is 31.4 Å². The molecule has 5 nitrogen and oxygen atoms in total. The quantitative estimate of drug-likeness (QED) is 0.309. The molecule has 1 unspecified atom stereocenters. The molecule has 0 aliphatic heterocycles. The second kappa shape index (κ2) is 12.9. The second-order valence-electron chi connectivity index (χ2n) is 6.63. The second-order valence-corrected chi connectivity index (χ2v) is 7.70. The van der Waals surface area contributed by atoms with Crippen LogP contribution in [0.1, 0.15) is 24.5 Å². The number of halogens is 1. The smallest absolute Gasteiger partial charge is 0.267 e. The SMILES string of the molecule is C#CCOC(S)(C(=O)NCCc1ccc(OCC#CCC)c(OC)c1)c1ccc(Cl)cc1. The van der Waals surface area contributed by atoms with Crippen LogP contribution >= 0.6 is 24.2 Å². The van der Waals surface area contributed by atoms with E-state index < -0.39 is 10.8 Å². The number of carbonyl (C=O) groups is 1. The van der Waals surface area contributed by atoms with Crippen LogP contribution in [0.15, 0.2) is 42.5 Å². The number of hydrogen-bond donors (Lipinski definition) is 2. The van der Waals surface area contributed by atoms with Crippen LogP contribution in [0.2, 0.25) is 5.02 Å². The average molecular weight is 472 g/mol. The lowest BCUT2D eigenvalue weighted by atomic mass is 10.1. The molecule has 2 aromatic carbocycles. The van der Waals surface area contributed by atoms with Crippen molar-refractivity contribution in [3.63, 3.8) is 0 Å². The molecule has 0 aliphatic rings. The Morgan fingerprint density at radius 2 is 1.91 bits per heavy atom. The largest absolute Gasteiger partial charge is 0.493 e. The number of terminal acetylenes is 1. The maximum atomic E-state index is 12.9. The first-order chi connectivity index (χ1) is 15.4. The van der Waals surface area contributed by atoms with Crippen LogP contribution in [0.25, 0.3) is 0 Å². The molecule has 0 fully saturated rings. The minimum absolute atomic E-state index is 0.0686. The van der Waals surface area contributed by atoms with Gasteiger partial charge in [-0.05, 0) is 36.2 Å². The van der Waals surface area contributed by atoms with Gasteiger partial charge >= 0.3 is 0 Å². The fraction of sp³-hybridized carbons (Fsp3) is 0.320. The van der Waals surface area contributed by atoms with Crippen molar-refractivity contribution < 1.29 is 19.0 Å². The first kappa shape index (κ1) is 25.5. The zero-order valence-electron chi connectivity index (χ0n) is 18.1. The molecule has 7 heteroatoms. The van der Waals surface area contributed by atoms with Crippen LogP contribution in [0.3, 0.4) is 0 Å². The first-order valence-corrected chi connectivity index (χ1v) is 10.9. The van der Waals surface area contributed by atoms with E-state index in [9.17, 15) is 4.79 Å². The summed E-state index contributed by atoms with van der Waals surface area (Å²) in [7, 11) is 1.58. The number of carbonyl (C=O) groups excluding carboxylic acids is 1. The highest BCUT2D eigenvalue weighted by Gasteiger charge is 2.37. The molecule has 0 saturated heterocycles. The standard InChI is InChI=1S/C25H26ClNO4S/c1-4-6-7-17-30-22-13-8-19(18-23(22)29-3)14-15-27-24(28)25(32,31-16-5-2)20-9-11-21(26)12-10-20/h2,8-13,18,32H,4,14-17H2,1,3H3,(H,27,28). The Hall–Kier alpha value is -2.77. The molecule has 1 amide bonds. The van der Waals surface area contributed by atoms with Crippen LogP contribution in [0.4, 0.5) is 0 Å². The lowest BCUT2D eigenvalue weighted by molar-refractivity contribution is -0.135. The van der Waals surface area contributed by atoms with Gasteiger partial charge in [-0.25, -0.2) is 0 Å². The van der Waals surface area contributed by atoms with Gasteiger partial charge in [0.05, 0.1) is 7.11 Å². The molecule has 32 heavy (non-hydrogen) atoms. The molecule has 0 radical (unpaired) electrons. The average Bonchev–Trinajstić information content (AvgIpc) is 2.81. The van der Waals surface area contributed by atoms with E-state index in [1.165, 1.54) is 0 Å². The molecule has 1 N–H and O–H groups in total. The molecule has 1 atom stereocenters. The molecule has 2 aromatic rings. The predicted octanol–water partition coefficient (Wildman–Crippen LogP) is 4.23. The molecule has 168 valence electrons. The van der Waals surface area contributed by atoms with E-state index >= 15 is 0 Å². The molecule has 0 saturated carbocycles. The van der Waals surface area contributed by atoms with E-state index in [2.05, 4.69) is 35.7 Å². The number of thiol groups is 1. The number of benzene rings is 2. The third kappa shape index (κ3) is 7.14. The third-order valence-electron chi connectivity index (χ3n) is 4.44. The van der Waals surface area contributed by atoms with Gasteiger partial charge in [0.1, 0.15) is 13.2 Å². The van der Waals surface area contributed by atoms with Crippen molar-refractivity contribution in [3.8, 4) is 35.7 Å². The van der Waals surface area contributed by atoms with E-state index in [-0.39, 0.29) is 6.61 Å². The van der Waals surface area contributed by atoms with Crippen LogP contribution < -0.4 is 14.8 Å². The van der Waals surface area contributed by atoms with E-state index in [4.69, 9.17) is 32.2 Å². The van der Waals surface area contributed by atoms with E-state index in [0.717, 1.165) is 12.0 Å². The summed E-state index contributed by atoms with van der Waals surface area (Å²) in [5.74, 6) is 9.06. The van der Waals surface area contributed by atoms with Gasteiger partial charge < -0.3 is 19.5 Å². The maximum Gasteiger partial charge on any atom is 0.267 e. The summed E-state index contributed by atoms with van der Waals surface area (Å²) in [5, 5.41) is 3.40. The number of ether oxygens (including phenoxy) is 3. The Bertz CT molecular complexity index is 1010. The molecular weight excluding hydrogens is 446 g/mol. The van der Waals surface area contributed by atoms with Gasteiger partial charge in [-0.3, -0.25) is 4.79 Å².